The van der Waals surface area contributed by atoms with E-state index < -0.39 is 0 Å². The van der Waals surface area contributed by atoms with Crippen LogP contribution in [0.5, 0.6) is 0 Å². The van der Waals surface area contributed by atoms with Gasteiger partial charge < -0.3 is 9.88 Å². The minimum atomic E-state index is -0.00114. The Balaban J connectivity index is 1.38. The summed E-state index contributed by atoms with van der Waals surface area (Å²) in [5.41, 5.74) is 2.74. The molecule has 4 rings (SSSR count). The fourth-order valence-electron chi connectivity index (χ4n) is 3.68. The van der Waals surface area contributed by atoms with Crippen LogP contribution in [-0.2, 0) is 19.4 Å². The summed E-state index contributed by atoms with van der Waals surface area (Å²) in [6, 6.07) is 1.76. The zero-order chi connectivity index (χ0) is 16.5. The van der Waals surface area contributed by atoms with E-state index >= 15 is 0 Å². The summed E-state index contributed by atoms with van der Waals surface area (Å²) < 4.78 is 1.63. The molecule has 0 radical (unpaired) electrons. The van der Waals surface area contributed by atoms with Gasteiger partial charge in [0.05, 0.1) is 18.2 Å². The first-order valence-electron chi connectivity index (χ1n) is 8.58. The van der Waals surface area contributed by atoms with E-state index in [-0.39, 0.29) is 11.5 Å². The number of hydrogen-bond acceptors (Lipinski definition) is 4. The third-order valence-corrected chi connectivity index (χ3v) is 5.09. The molecule has 7 heteroatoms. The average Bonchev–Trinajstić information content (AvgIpc) is 3.26. The van der Waals surface area contributed by atoms with Crippen LogP contribution in [0, 0.1) is 5.92 Å². The van der Waals surface area contributed by atoms with Gasteiger partial charge in [0, 0.05) is 25.7 Å². The first-order chi connectivity index (χ1) is 11.7. The predicted molar refractivity (Wildman–Crippen MR) is 87.7 cm³/mol. The lowest BCUT2D eigenvalue weighted by Crippen LogP contribution is -2.40. The van der Waals surface area contributed by atoms with Crippen molar-refractivity contribution in [2.24, 2.45) is 5.92 Å². The minimum Gasteiger partial charge on any atom is -0.341 e. The van der Waals surface area contributed by atoms with Gasteiger partial charge in [0.25, 0.3) is 11.5 Å². The van der Waals surface area contributed by atoms with Gasteiger partial charge in [-0.25, -0.2) is 9.67 Å². The van der Waals surface area contributed by atoms with Gasteiger partial charge in [-0.3, -0.25) is 9.59 Å². The van der Waals surface area contributed by atoms with E-state index in [0.29, 0.717) is 31.2 Å². The maximum Gasteiger partial charge on any atom is 0.271 e. The molecule has 1 amide bonds. The summed E-state index contributed by atoms with van der Waals surface area (Å²) in [6.07, 6.45) is 7.92. The first-order valence-corrected chi connectivity index (χ1v) is 8.58. The molecule has 2 aromatic rings. The van der Waals surface area contributed by atoms with Crippen molar-refractivity contribution in [3.8, 4) is 0 Å². The Morgan fingerprint density at radius 3 is 2.88 bits per heavy atom. The minimum absolute atomic E-state index is 0.00114. The second-order valence-corrected chi connectivity index (χ2v) is 6.69. The molecule has 0 spiro atoms. The third kappa shape index (κ3) is 2.86. The van der Waals surface area contributed by atoms with Crippen LogP contribution >= 0.6 is 0 Å². The molecule has 1 saturated heterocycles. The Labute approximate surface area is 139 Å². The molecule has 3 heterocycles. The average molecular weight is 327 g/mol. The zero-order valence-corrected chi connectivity index (χ0v) is 13.6. The molecule has 0 bridgehead atoms. The van der Waals surface area contributed by atoms with Crippen molar-refractivity contribution in [1.82, 2.24) is 24.6 Å². The van der Waals surface area contributed by atoms with Crippen molar-refractivity contribution in [3.63, 3.8) is 0 Å². The number of aromatic amines is 1. The highest BCUT2D eigenvalue weighted by atomic mass is 16.2. The van der Waals surface area contributed by atoms with Crippen LogP contribution in [0.4, 0.5) is 0 Å². The van der Waals surface area contributed by atoms with Gasteiger partial charge in [0.15, 0.2) is 0 Å². The van der Waals surface area contributed by atoms with E-state index in [2.05, 4.69) is 15.1 Å². The van der Waals surface area contributed by atoms with Crippen molar-refractivity contribution in [3.05, 3.63) is 45.9 Å². The van der Waals surface area contributed by atoms with E-state index in [4.69, 9.17) is 0 Å². The quantitative estimate of drug-likeness (QED) is 0.912. The summed E-state index contributed by atoms with van der Waals surface area (Å²) in [7, 11) is 0. The number of hydrogen-bond donors (Lipinski definition) is 1. The Bertz CT molecular complexity index is 788. The highest BCUT2D eigenvalue weighted by Crippen LogP contribution is 2.21. The van der Waals surface area contributed by atoms with Crippen LogP contribution in [0.25, 0.3) is 0 Å². The lowest BCUT2D eigenvalue weighted by Gasteiger charge is -2.31. The molecule has 126 valence electrons. The monoisotopic (exact) mass is 327 g/mol. The zero-order valence-electron chi connectivity index (χ0n) is 13.6. The summed E-state index contributed by atoms with van der Waals surface area (Å²) in [6.45, 7) is 2.07. The molecule has 1 aliphatic heterocycles. The van der Waals surface area contributed by atoms with E-state index in [0.717, 1.165) is 43.4 Å². The van der Waals surface area contributed by atoms with Crippen LogP contribution in [-0.4, -0.2) is 43.6 Å². The van der Waals surface area contributed by atoms with Crippen molar-refractivity contribution in [1.29, 1.82) is 0 Å². The first kappa shape index (κ1) is 15.1. The number of likely N-dealkylation sites (tertiary alicyclic amines) is 1. The molecule has 7 nitrogen and oxygen atoms in total. The van der Waals surface area contributed by atoms with Crippen LogP contribution < -0.4 is 5.56 Å². The van der Waals surface area contributed by atoms with Gasteiger partial charge >= 0.3 is 0 Å². The summed E-state index contributed by atoms with van der Waals surface area (Å²) >= 11 is 0. The molecule has 0 aromatic carbocycles. The number of piperidine rings is 1. The van der Waals surface area contributed by atoms with Gasteiger partial charge in [0.1, 0.15) is 5.69 Å². The van der Waals surface area contributed by atoms with E-state index in [1.54, 1.807) is 16.9 Å². The molecule has 2 aromatic heterocycles. The smallest absolute Gasteiger partial charge is 0.271 e. The molecule has 2 aliphatic rings. The number of carbonyl (C=O) groups is 1. The molecule has 0 unspecified atom stereocenters. The number of aromatic nitrogens is 4. The van der Waals surface area contributed by atoms with Gasteiger partial charge in [-0.15, -0.1) is 0 Å². The Morgan fingerprint density at radius 2 is 2.12 bits per heavy atom. The molecular formula is C17H21N5O2. The number of nitrogens with zero attached hydrogens (tertiary/aromatic N) is 4. The SMILES string of the molecule is O=C(c1cnc[nH]1)N1CCC(Cn2nc3c(cc2=O)CCC3)CC1. The fourth-order valence-corrected chi connectivity index (χ4v) is 3.68. The number of nitrogens with one attached hydrogen (secondary N) is 1. The molecule has 0 atom stereocenters. The van der Waals surface area contributed by atoms with Crippen LogP contribution in [0.3, 0.4) is 0 Å². The Morgan fingerprint density at radius 1 is 1.29 bits per heavy atom. The molecule has 0 saturated carbocycles. The lowest BCUT2D eigenvalue weighted by molar-refractivity contribution is 0.0675. The van der Waals surface area contributed by atoms with Crippen LogP contribution in [0.2, 0.25) is 0 Å². The van der Waals surface area contributed by atoms with Crippen LogP contribution in [0.1, 0.15) is 41.0 Å². The number of rotatable bonds is 3. The third-order valence-electron chi connectivity index (χ3n) is 5.09. The van der Waals surface area contributed by atoms with Crippen molar-refractivity contribution < 1.29 is 4.79 Å². The van der Waals surface area contributed by atoms with Crippen molar-refractivity contribution in [2.75, 3.05) is 13.1 Å². The molecule has 1 aliphatic carbocycles. The fraction of sp³-hybridized carbons (Fsp3) is 0.529. The molecular weight excluding hydrogens is 306 g/mol. The second kappa shape index (κ2) is 6.22. The lowest BCUT2D eigenvalue weighted by atomic mass is 9.96. The number of H-pyrrole nitrogens is 1. The van der Waals surface area contributed by atoms with Gasteiger partial charge in [-0.2, -0.15) is 5.10 Å². The van der Waals surface area contributed by atoms with E-state index in [1.807, 2.05) is 4.90 Å². The van der Waals surface area contributed by atoms with Gasteiger partial charge in [-0.05, 0) is 43.6 Å². The number of fused-ring (bicyclic) bond motifs is 1. The van der Waals surface area contributed by atoms with Crippen LogP contribution in [0.15, 0.2) is 23.4 Å². The summed E-state index contributed by atoms with van der Waals surface area (Å²) in [5, 5.41) is 4.55. The maximum absolute atomic E-state index is 12.3. The topological polar surface area (TPSA) is 83.9 Å². The van der Waals surface area contributed by atoms with Crippen molar-refractivity contribution in [2.45, 2.75) is 38.6 Å². The molecule has 1 fully saturated rings. The Hall–Kier alpha value is -2.44. The summed E-state index contributed by atoms with van der Waals surface area (Å²) in [4.78, 5) is 33.1. The second-order valence-electron chi connectivity index (χ2n) is 6.69. The normalized spacial score (nSPS) is 17.9. The largest absolute Gasteiger partial charge is 0.341 e. The van der Waals surface area contributed by atoms with Crippen molar-refractivity contribution >= 4 is 5.91 Å². The highest BCUT2D eigenvalue weighted by molar-refractivity contribution is 5.92. The number of amides is 1. The number of aryl methyl sites for hydroxylation is 2. The molecule has 24 heavy (non-hydrogen) atoms. The van der Waals surface area contributed by atoms with Gasteiger partial charge in [0.2, 0.25) is 0 Å². The number of carbonyl (C=O) groups excluding carboxylic acids is 1. The van der Waals surface area contributed by atoms with E-state index in [1.165, 1.54) is 6.33 Å². The predicted octanol–water partition coefficient (Wildman–Crippen LogP) is 1.01. The summed E-state index contributed by atoms with van der Waals surface area (Å²) in [5.74, 6) is 0.388. The number of imidazole rings is 1. The van der Waals surface area contributed by atoms with E-state index in [9.17, 15) is 9.59 Å². The molecule has 1 N–H and O–H groups in total. The van der Waals surface area contributed by atoms with Gasteiger partial charge in [-0.1, -0.05) is 0 Å². The Kier molecular flexibility index (Phi) is 3.92. The standard InChI is InChI=1S/C17H21N5O2/c23-16-8-13-2-1-3-14(13)20-22(16)10-12-4-6-21(7-5-12)17(24)15-9-18-11-19-15/h8-9,11-12H,1-7,10H2,(H,18,19). The highest BCUT2D eigenvalue weighted by Gasteiger charge is 2.25. The maximum atomic E-state index is 12.3.